The number of rotatable bonds is 2. The van der Waals surface area contributed by atoms with E-state index in [4.69, 9.17) is 10.2 Å². The lowest BCUT2D eigenvalue weighted by atomic mass is 10.4. The molecule has 11 heavy (non-hydrogen) atoms. The van der Waals surface area contributed by atoms with Crippen LogP contribution < -0.4 is 11.1 Å². The van der Waals surface area contributed by atoms with Gasteiger partial charge in [0.1, 0.15) is 11.5 Å². The van der Waals surface area contributed by atoms with E-state index in [2.05, 4.69) is 17.5 Å². The van der Waals surface area contributed by atoms with Gasteiger partial charge in [0, 0.05) is 0 Å². The molecule has 0 spiro atoms. The van der Waals surface area contributed by atoms with Gasteiger partial charge in [0.25, 0.3) is 0 Å². The van der Waals surface area contributed by atoms with Crippen molar-refractivity contribution in [3.8, 4) is 0 Å². The summed E-state index contributed by atoms with van der Waals surface area (Å²) in [4.78, 5) is 0. The Morgan fingerprint density at radius 1 is 1.73 bits per heavy atom. The van der Waals surface area contributed by atoms with Gasteiger partial charge in [-0.15, -0.1) is 0 Å². The molecular formula is C7H10N2OS. The largest absolute Gasteiger partial charge is 0.465 e. The highest BCUT2D eigenvalue weighted by atomic mass is 32.1. The number of hydrogen-bond donors (Lipinski definition) is 2. The van der Waals surface area contributed by atoms with E-state index in [0.29, 0.717) is 11.7 Å². The zero-order chi connectivity index (χ0) is 8.27. The first-order valence-electron chi connectivity index (χ1n) is 3.27. The zero-order valence-corrected chi connectivity index (χ0v) is 7.07. The third kappa shape index (κ3) is 2.59. The summed E-state index contributed by atoms with van der Waals surface area (Å²) in [7, 11) is 0. The topological polar surface area (TPSA) is 51.2 Å². The van der Waals surface area contributed by atoms with Crippen LogP contribution in [0.4, 0.5) is 0 Å². The van der Waals surface area contributed by atoms with E-state index in [1.165, 1.54) is 0 Å². The van der Waals surface area contributed by atoms with Gasteiger partial charge in [0.2, 0.25) is 0 Å². The highest BCUT2D eigenvalue weighted by molar-refractivity contribution is 7.80. The molecule has 0 aliphatic carbocycles. The third-order valence-electron chi connectivity index (χ3n) is 1.23. The molecule has 0 amide bonds. The lowest BCUT2D eigenvalue weighted by Crippen LogP contribution is -2.28. The molecule has 60 valence electrons. The molecule has 1 aromatic heterocycles. The fraction of sp³-hybridized carbons (Fsp3) is 0.286. The van der Waals surface area contributed by atoms with E-state index in [1.807, 2.05) is 19.1 Å². The molecular weight excluding hydrogens is 160 g/mol. The van der Waals surface area contributed by atoms with Gasteiger partial charge in [0.15, 0.2) is 5.11 Å². The van der Waals surface area contributed by atoms with Crippen molar-refractivity contribution in [1.82, 2.24) is 5.32 Å². The number of nitrogens with two attached hydrogens (primary N) is 1. The molecule has 0 saturated carbocycles. The molecule has 0 aromatic carbocycles. The quantitative estimate of drug-likeness (QED) is 0.648. The van der Waals surface area contributed by atoms with Crippen LogP contribution in [0.3, 0.4) is 0 Å². The molecule has 1 aromatic rings. The summed E-state index contributed by atoms with van der Waals surface area (Å²) in [5.41, 5.74) is 5.23. The van der Waals surface area contributed by atoms with Crippen LogP contribution in [0.25, 0.3) is 0 Å². The van der Waals surface area contributed by atoms with Gasteiger partial charge >= 0.3 is 0 Å². The minimum absolute atomic E-state index is 0.291. The normalized spacial score (nSPS) is 9.55. The Labute approximate surface area is 70.6 Å². The molecule has 3 N–H and O–H groups in total. The first-order chi connectivity index (χ1) is 5.18. The van der Waals surface area contributed by atoms with E-state index in [1.54, 1.807) is 0 Å². The molecule has 0 aliphatic rings. The molecule has 0 atom stereocenters. The van der Waals surface area contributed by atoms with Crippen molar-refractivity contribution in [3.63, 3.8) is 0 Å². The molecule has 0 bridgehead atoms. The molecule has 4 heteroatoms. The number of thiocarbonyl (C=S) groups is 1. The molecule has 0 saturated heterocycles. The van der Waals surface area contributed by atoms with E-state index in [0.717, 1.165) is 11.5 Å². The number of hydrogen-bond acceptors (Lipinski definition) is 2. The minimum atomic E-state index is 0.291. The highest BCUT2D eigenvalue weighted by Crippen LogP contribution is 2.04. The van der Waals surface area contributed by atoms with Gasteiger partial charge in [-0.25, -0.2) is 0 Å². The summed E-state index contributed by atoms with van der Waals surface area (Å²) >= 11 is 4.63. The predicted octanol–water partition coefficient (Wildman–Crippen LogP) is 0.921. The van der Waals surface area contributed by atoms with E-state index in [-0.39, 0.29) is 0 Å². The molecule has 0 aliphatic heterocycles. The van der Waals surface area contributed by atoms with Crippen LogP contribution >= 0.6 is 12.2 Å². The molecule has 1 heterocycles. The maximum Gasteiger partial charge on any atom is 0.164 e. The van der Waals surface area contributed by atoms with Crippen LogP contribution in [0.5, 0.6) is 0 Å². The SMILES string of the molecule is Cc1ccc(CNC(N)=S)o1. The Balaban J connectivity index is 2.45. The van der Waals surface area contributed by atoms with Gasteiger partial charge in [0.05, 0.1) is 6.54 Å². The van der Waals surface area contributed by atoms with Crippen LogP contribution in [0.15, 0.2) is 16.5 Å². The first-order valence-corrected chi connectivity index (χ1v) is 3.68. The van der Waals surface area contributed by atoms with Crippen LogP contribution in [0.2, 0.25) is 0 Å². The van der Waals surface area contributed by atoms with Crippen molar-refractivity contribution in [2.45, 2.75) is 13.5 Å². The van der Waals surface area contributed by atoms with Crippen molar-refractivity contribution in [2.24, 2.45) is 5.73 Å². The van der Waals surface area contributed by atoms with Crippen LogP contribution in [-0.2, 0) is 6.54 Å². The summed E-state index contributed by atoms with van der Waals surface area (Å²) in [6.07, 6.45) is 0. The standard InChI is InChI=1S/C7H10N2OS/c1-5-2-3-6(10-5)4-9-7(8)11/h2-3H,4H2,1H3,(H3,8,9,11). The summed E-state index contributed by atoms with van der Waals surface area (Å²) in [5, 5.41) is 3.08. The Morgan fingerprint density at radius 3 is 2.91 bits per heavy atom. The van der Waals surface area contributed by atoms with Gasteiger partial charge in [-0.1, -0.05) is 0 Å². The second-order valence-corrected chi connectivity index (χ2v) is 2.67. The minimum Gasteiger partial charge on any atom is -0.465 e. The van der Waals surface area contributed by atoms with Crippen molar-refractivity contribution in [2.75, 3.05) is 0 Å². The number of furan rings is 1. The van der Waals surface area contributed by atoms with E-state index in [9.17, 15) is 0 Å². The van der Waals surface area contributed by atoms with E-state index >= 15 is 0 Å². The van der Waals surface area contributed by atoms with Crippen molar-refractivity contribution >= 4 is 17.3 Å². The van der Waals surface area contributed by atoms with Crippen LogP contribution in [0, 0.1) is 6.92 Å². The Kier molecular flexibility index (Phi) is 2.48. The molecule has 0 unspecified atom stereocenters. The maximum atomic E-state index is 5.26. The highest BCUT2D eigenvalue weighted by Gasteiger charge is 1.96. The third-order valence-corrected chi connectivity index (χ3v) is 1.38. The number of aryl methyl sites for hydroxylation is 1. The summed E-state index contributed by atoms with van der Waals surface area (Å²) in [6.45, 7) is 2.45. The summed E-state index contributed by atoms with van der Waals surface area (Å²) < 4.78 is 5.26. The average molecular weight is 170 g/mol. The number of nitrogens with one attached hydrogen (secondary N) is 1. The first kappa shape index (κ1) is 8.07. The predicted molar refractivity (Wildman–Crippen MR) is 47.1 cm³/mol. The monoisotopic (exact) mass is 170 g/mol. The molecule has 0 fully saturated rings. The second kappa shape index (κ2) is 3.39. The maximum absolute atomic E-state index is 5.26. The Hall–Kier alpha value is -1.03. The van der Waals surface area contributed by atoms with Gasteiger partial charge < -0.3 is 15.5 Å². The summed E-state index contributed by atoms with van der Waals surface area (Å²) in [6, 6.07) is 3.79. The fourth-order valence-electron chi connectivity index (χ4n) is 0.754. The zero-order valence-electron chi connectivity index (χ0n) is 6.26. The van der Waals surface area contributed by atoms with Gasteiger partial charge in [-0.05, 0) is 31.3 Å². The van der Waals surface area contributed by atoms with Crippen molar-refractivity contribution in [3.05, 3.63) is 23.7 Å². The van der Waals surface area contributed by atoms with Gasteiger partial charge in [-0.2, -0.15) is 0 Å². The van der Waals surface area contributed by atoms with Gasteiger partial charge in [-0.3, -0.25) is 0 Å². The van der Waals surface area contributed by atoms with Crippen molar-refractivity contribution < 1.29 is 4.42 Å². The van der Waals surface area contributed by atoms with Crippen LogP contribution in [0.1, 0.15) is 11.5 Å². The molecule has 0 radical (unpaired) electrons. The lowest BCUT2D eigenvalue weighted by Gasteiger charge is -1.98. The van der Waals surface area contributed by atoms with E-state index < -0.39 is 0 Å². The van der Waals surface area contributed by atoms with Crippen molar-refractivity contribution in [1.29, 1.82) is 0 Å². The average Bonchev–Trinajstić information content (AvgIpc) is 2.31. The lowest BCUT2D eigenvalue weighted by molar-refractivity contribution is 0.478. The molecule has 1 rings (SSSR count). The smallest absolute Gasteiger partial charge is 0.164 e. The molecule has 3 nitrogen and oxygen atoms in total. The second-order valence-electron chi connectivity index (χ2n) is 2.23. The Bertz CT molecular complexity index is 257. The van der Waals surface area contributed by atoms with Crippen LogP contribution in [-0.4, -0.2) is 5.11 Å². The Morgan fingerprint density at radius 2 is 2.45 bits per heavy atom. The fourth-order valence-corrected chi connectivity index (χ4v) is 0.827. The summed E-state index contributed by atoms with van der Waals surface area (Å²) in [5.74, 6) is 1.74.